The lowest BCUT2D eigenvalue weighted by Crippen LogP contribution is -2.59. The van der Waals surface area contributed by atoms with Gasteiger partial charge in [0.2, 0.25) is 5.91 Å². The van der Waals surface area contributed by atoms with E-state index in [9.17, 15) is 22.8 Å². The van der Waals surface area contributed by atoms with Crippen molar-refractivity contribution in [2.24, 2.45) is 11.8 Å². The predicted octanol–water partition coefficient (Wildman–Crippen LogP) is 2.90. The number of hydrogen-bond donors (Lipinski definition) is 1. The van der Waals surface area contributed by atoms with Crippen molar-refractivity contribution in [3.8, 4) is 0 Å². The molecule has 2 fully saturated rings. The Morgan fingerprint density at radius 3 is 2.20 bits per heavy atom. The number of carbonyl (C=O) groups excluding carboxylic acids is 3. The van der Waals surface area contributed by atoms with Gasteiger partial charge in [0.05, 0.1) is 12.0 Å². The van der Waals surface area contributed by atoms with Crippen LogP contribution in [0.1, 0.15) is 84.4 Å². The highest BCUT2D eigenvalue weighted by atomic mass is 32.2. The van der Waals surface area contributed by atoms with Crippen LogP contribution in [0.4, 0.5) is 10.6 Å². The lowest BCUT2D eigenvalue weighted by Gasteiger charge is -2.44. The Bertz CT molecular complexity index is 1430. The quantitative estimate of drug-likeness (QED) is 0.318. The van der Waals surface area contributed by atoms with Crippen molar-refractivity contribution in [3.63, 3.8) is 0 Å². The van der Waals surface area contributed by atoms with Crippen molar-refractivity contribution < 1.29 is 32.3 Å². The molecule has 3 rings (SSSR count). The molecule has 0 unspecified atom stereocenters. The number of likely N-dealkylation sites (tertiary alicyclic amines) is 1. The number of methoxy groups -OCH3 is 1. The molecule has 3 amide bonds. The highest BCUT2D eigenvalue weighted by Crippen LogP contribution is 2.29. The van der Waals surface area contributed by atoms with Crippen LogP contribution in [0.25, 0.3) is 0 Å². The van der Waals surface area contributed by atoms with E-state index in [0.717, 1.165) is 4.31 Å². The highest BCUT2D eigenvalue weighted by molar-refractivity contribution is 7.86. The number of piperazine rings is 1. The average molecular weight is 725 g/mol. The van der Waals surface area contributed by atoms with Crippen LogP contribution >= 0.6 is 0 Å². The minimum absolute atomic E-state index is 0.0737. The summed E-state index contributed by atoms with van der Waals surface area (Å²) in [7, 11) is 0.994. The number of anilines is 1. The molecule has 16 heteroatoms. The first kappa shape index (κ1) is 41.3. The molecule has 0 saturated carbocycles. The predicted molar refractivity (Wildman–Crippen MR) is 192 cm³/mol. The van der Waals surface area contributed by atoms with Crippen LogP contribution in [-0.4, -0.2) is 151 Å². The Kier molecular flexibility index (Phi) is 14.0. The number of piperidine rings is 1. The first-order valence-corrected chi connectivity index (χ1v) is 18.9. The molecule has 15 nitrogen and oxygen atoms in total. The number of amides is 3. The minimum atomic E-state index is -3.61. The molecule has 0 aromatic carbocycles. The van der Waals surface area contributed by atoms with Gasteiger partial charge in [0.1, 0.15) is 22.8 Å². The number of aromatic nitrogens is 2. The third-order valence-corrected chi connectivity index (χ3v) is 10.5. The van der Waals surface area contributed by atoms with Gasteiger partial charge in [-0.05, 0) is 39.5 Å². The molecule has 2 aliphatic rings. The third-order valence-electron chi connectivity index (χ3n) is 8.54. The molecule has 50 heavy (non-hydrogen) atoms. The van der Waals surface area contributed by atoms with Crippen molar-refractivity contribution in [2.75, 3.05) is 85.5 Å². The van der Waals surface area contributed by atoms with Gasteiger partial charge in [-0.3, -0.25) is 9.59 Å². The fraction of sp³-hybridized carbons (Fsp3) is 0.794. The summed E-state index contributed by atoms with van der Waals surface area (Å²) in [6.45, 7) is 18.0. The molecule has 0 spiro atoms. The standard InChI is InChI=1S/C34H60N8O7S/c1-24(2)21-42(30(44)27-20-36-31(33(3,4)5)37-28(27)35-13-12-18-48-11)26-19-25(22-40(23-26)32(45)49-34(6,7)8)29(43)39-14-16-41(17-15-39)50(46,47)38(9)10/h20,24-26H,12-19,21-23H2,1-11H3,(H,35,36,37)/t25-,26+/m1/s1. The molecule has 0 radical (unpaired) electrons. The van der Waals surface area contributed by atoms with Crippen LogP contribution in [0.15, 0.2) is 6.20 Å². The first-order chi connectivity index (χ1) is 23.1. The van der Waals surface area contributed by atoms with Crippen molar-refractivity contribution in [1.29, 1.82) is 0 Å². The summed E-state index contributed by atoms with van der Waals surface area (Å²) in [5.74, 6) is -0.00974. The molecule has 284 valence electrons. The van der Waals surface area contributed by atoms with E-state index in [0.29, 0.717) is 49.7 Å². The summed E-state index contributed by atoms with van der Waals surface area (Å²) in [6, 6.07) is -0.515. The third kappa shape index (κ3) is 11.0. The Labute approximate surface area is 299 Å². The van der Waals surface area contributed by atoms with Crippen LogP contribution < -0.4 is 5.32 Å². The van der Waals surface area contributed by atoms with Crippen LogP contribution in [0.3, 0.4) is 0 Å². The smallest absolute Gasteiger partial charge is 0.410 e. The average Bonchev–Trinajstić information content (AvgIpc) is 3.03. The number of carbonyl (C=O) groups is 3. The van der Waals surface area contributed by atoms with Gasteiger partial charge in [-0.15, -0.1) is 0 Å². The Balaban J connectivity index is 1.97. The van der Waals surface area contributed by atoms with Crippen LogP contribution in [0.2, 0.25) is 0 Å². The zero-order valence-electron chi connectivity index (χ0n) is 32.0. The lowest BCUT2D eigenvalue weighted by molar-refractivity contribution is -0.139. The number of nitrogens with zero attached hydrogens (tertiary/aromatic N) is 7. The maximum Gasteiger partial charge on any atom is 0.410 e. The fourth-order valence-electron chi connectivity index (χ4n) is 5.98. The van der Waals surface area contributed by atoms with E-state index in [-0.39, 0.29) is 62.4 Å². The lowest BCUT2D eigenvalue weighted by atomic mass is 9.91. The van der Waals surface area contributed by atoms with Crippen LogP contribution in [0, 0.1) is 11.8 Å². The molecule has 0 aliphatic carbocycles. The highest BCUT2D eigenvalue weighted by Gasteiger charge is 2.42. The normalized spacial score (nSPS) is 19.5. The first-order valence-electron chi connectivity index (χ1n) is 17.5. The summed E-state index contributed by atoms with van der Waals surface area (Å²) >= 11 is 0. The van der Waals surface area contributed by atoms with E-state index in [2.05, 4.69) is 10.3 Å². The Morgan fingerprint density at radius 2 is 1.66 bits per heavy atom. The van der Waals surface area contributed by atoms with E-state index in [1.807, 2.05) is 34.6 Å². The Hall–Kier alpha value is -3.08. The van der Waals surface area contributed by atoms with E-state index in [1.54, 1.807) is 43.9 Å². The SMILES string of the molecule is COCCCNc1nc(C(C)(C)C)ncc1C(=O)N(CC(C)C)[C@H]1C[C@@H](C(=O)N2CCN(S(=O)(=O)N(C)C)CC2)CN(C(=O)OC(C)(C)C)C1. The molecule has 0 bridgehead atoms. The molecule has 3 heterocycles. The zero-order chi connectivity index (χ0) is 37.6. The summed E-state index contributed by atoms with van der Waals surface area (Å²) in [6.07, 6.45) is 2.04. The van der Waals surface area contributed by atoms with Gasteiger partial charge >= 0.3 is 6.09 Å². The second-order valence-electron chi connectivity index (χ2n) is 15.8. The fourth-order valence-corrected chi connectivity index (χ4v) is 7.07. The van der Waals surface area contributed by atoms with Crippen molar-refractivity contribution in [1.82, 2.24) is 33.3 Å². The molecule has 2 saturated heterocycles. The minimum Gasteiger partial charge on any atom is -0.444 e. The summed E-state index contributed by atoms with van der Waals surface area (Å²) in [5, 5.41) is 3.32. The molecule has 1 aromatic rings. The van der Waals surface area contributed by atoms with E-state index >= 15 is 0 Å². The number of hydrogen-bond acceptors (Lipinski definition) is 10. The van der Waals surface area contributed by atoms with Gasteiger partial charge in [0, 0.05) is 91.8 Å². The van der Waals surface area contributed by atoms with Crippen LogP contribution in [-0.2, 0) is 29.9 Å². The summed E-state index contributed by atoms with van der Waals surface area (Å²) in [4.78, 5) is 56.5. The molecule has 1 N–H and O–H groups in total. The maximum atomic E-state index is 14.6. The molecule has 2 aliphatic heterocycles. The van der Waals surface area contributed by atoms with Gasteiger partial charge in [-0.2, -0.15) is 17.0 Å². The second-order valence-corrected chi connectivity index (χ2v) is 18.0. The zero-order valence-corrected chi connectivity index (χ0v) is 32.8. The van der Waals surface area contributed by atoms with Gasteiger partial charge in [-0.1, -0.05) is 34.6 Å². The monoisotopic (exact) mass is 724 g/mol. The molecular weight excluding hydrogens is 664 g/mol. The number of nitrogens with one attached hydrogen (secondary N) is 1. The van der Waals surface area contributed by atoms with Crippen LogP contribution in [0.5, 0.6) is 0 Å². The molecular formula is C34H60N8O7S. The van der Waals surface area contributed by atoms with E-state index in [4.69, 9.17) is 14.5 Å². The largest absolute Gasteiger partial charge is 0.444 e. The van der Waals surface area contributed by atoms with Crippen molar-refractivity contribution in [3.05, 3.63) is 17.6 Å². The van der Waals surface area contributed by atoms with Gasteiger partial charge < -0.3 is 29.5 Å². The van der Waals surface area contributed by atoms with Gasteiger partial charge in [0.15, 0.2) is 0 Å². The van der Waals surface area contributed by atoms with Crippen molar-refractivity contribution in [2.45, 2.75) is 85.3 Å². The van der Waals surface area contributed by atoms with Gasteiger partial charge in [0.25, 0.3) is 16.1 Å². The Morgan fingerprint density at radius 1 is 1.02 bits per heavy atom. The number of rotatable bonds is 12. The summed E-state index contributed by atoms with van der Waals surface area (Å²) in [5.41, 5.74) is -0.804. The molecule has 1 aromatic heterocycles. The molecule has 2 atom stereocenters. The second kappa shape index (κ2) is 17.0. The summed E-state index contributed by atoms with van der Waals surface area (Å²) < 4.78 is 38.9. The van der Waals surface area contributed by atoms with Gasteiger partial charge in [-0.25, -0.2) is 14.8 Å². The van der Waals surface area contributed by atoms with Crippen molar-refractivity contribution >= 4 is 33.9 Å². The van der Waals surface area contributed by atoms with E-state index < -0.39 is 33.9 Å². The topological polar surface area (TPSA) is 158 Å². The van der Waals surface area contributed by atoms with E-state index in [1.165, 1.54) is 23.3 Å². The number of ether oxygens (including phenoxy) is 2. The maximum absolute atomic E-state index is 14.6.